The number of hydrogen-bond donors (Lipinski definition) is 1. The van der Waals surface area contributed by atoms with Crippen LogP contribution in [0.2, 0.25) is 5.02 Å². The number of sulfonamides is 1. The zero-order valence-electron chi connectivity index (χ0n) is 17.7. The summed E-state index contributed by atoms with van der Waals surface area (Å²) < 4.78 is 73.9. The van der Waals surface area contributed by atoms with Gasteiger partial charge in [-0.1, -0.05) is 29.8 Å². The standard InChI is InChI=1S/C23H18ClF2NO6S/c1-31-22-16(24)9-13-10-21(22)34(29,30)27-19-11-15(17(25)12-18(19)26)14-5-2-3-6-20(14)32-7-4-8-33-23(13)28/h2-3,5-6,9-12,27H,4,7-8H2,1H3. The Bertz CT molecular complexity index is 1380. The Morgan fingerprint density at radius 2 is 1.74 bits per heavy atom. The number of halogens is 3. The molecule has 4 rings (SSSR count). The van der Waals surface area contributed by atoms with Gasteiger partial charge in [-0.25, -0.2) is 22.0 Å². The van der Waals surface area contributed by atoms with Gasteiger partial charge >= 0.3 is 5.97 Å². The largest absolute Gasteiger partial charge is 0.494 e. The van der Waals surface area contributed by atoms with Gasteiger partial charge in [-0.2, -0.15) is 0 Å². The van der Waals surface area contributed by atoms with Gasteiger partial charge in [-0.3, -0.25) is 4.72 Å². The van der Waals surface area contributed by atoms with Crippen molar-refractivity contribution in [3.05, 3.63) is 70.8 Å². The monoisotopic (exact) mass is 509 g/mol. The molecule has 0 spiro atoms. The topological polar surface area (TPSA) is 90.9 Å². The molecule has 0 aliphatic carbocycles. The Labute approximate surface area is 199 Å². The zero-order chi connectivity index (χ0) is 24.5. The molecule has 0 radical (unpaired) electrons. The molecule has 0 aromatic heterocycles. The van der Waals surface area contributed by atoms with Gasteiger partial charge in [-0.15, -0.1) is 0 Å². The van der Waals surface area contributed by atoms with E-state index in [-0.39, 0.29) is 40.7 Å². The Hall–Kier alpha value is -3.37. The molecule has 7 nitrogen and oxygen atoms in total. The maximum Gasteiger partial charge on any atom is 0.338 e. The number of esters is 1. The van der Waals surface area contributed by atoms with Crippen molar-refractivity contribution in [3.8, 4) is 22.6 Å². The van der Waals surface area contributed by atoms with E-state index in [0.717, 1.165) is 12.1 Å². The number of para-hydroxylation sites is 1. The predicted molar refractivity (Wildman–Crippen MR) is 121 cm³/mol. The molecular formula is C23H18ClF2NO6S. The Kier molecular flexibility index (Phi) is 6.63. The number of nitrogens with one attached hydrogen (secondary N) is 1. The number of cyclic esters (lactones) is 1. The van der Waals surface area contributed by atoms with E-state index in [4.69, 9.17) is 25.8 Å². The molecule has 3 aromatic rings. The number of rotatable bonds is 1. The van der Waals surface area contributed by atoms with Crippen LogP contribution in [0.1, 0.15) is 16.8 Å². The van der Waals surface area contributed by atoms with E-state index in [9.17, 15) is 22.0 Å². The van der Waals surface area contributed by atoms with Gasteiger partial charge in [-0.05, 0) is 24.3 Å². The van der Waals surface area contributed by atoms with Crippen LogP contribution in [-0.2, 0) is 14.8 Å². The maximum absolute atomic E-state index is 14.7. The van der Waals surface area contributed by atoms with E-state index in [1.54, 1.807) is 24.3 Å². The third-order valence-electron chi connectivity index (χ3n) is 5.00. The van der Waals surface area contributed by atoms with Crippen molar-refractivity contribution in [1.29, 1.82) is 0 Å². The first-order chi connectivity index (χ1) is 16.2. The summed E-state index contributed by atoms with van der Waals surface area (Å²) in [5, 5.41) is -0.170. The molecule has 178 valence electrons. The lowest BCUT2D eigenvalue weighted by molar-refractivity contribution is 0.0485. The number of ether oxygens (including phenoxy) is 3. The molecular weight excluding hydrogens is 492 g/mol. The molecule has 11 heteroatoms. The lowest BCUT2D eigenvalue weighted by atomic mass is 10.0. The fourth-order valence-electron chi connectivity index (χ4n) is 3.42. The number of carbonyl (C=O) groups is 1. The highest BCUT2D eigenvalue weighted by molar-refractivity contribution is 7.92. The third-order valence-corrected chi connectivity index (χ3v) is 6.65. The van der Waals surface area contributed by atoms with E-state index in [2.05, 4.69) is 4.72 Å². The van der Waals surface area contributed by atoms with Crippen molar-refractivity contribution >= 4 is 33.3 Å². The zero-order valence-corrected chi connectivity index (χ0v) is 19.3. The highest BCUT2D eigenvalue weighted by Crippen LogP contribution is 2.38. The van der Waals surface area contributed by atoms with Gasteiger partial charge in [0.1, 0.15) is 22.3 Å². The molecule has 1 heterocycles. The van der Waals surface area contributed by atoms with Crippen LogP contribution in [0.15, 0.2) is 53.4 Å². The smallest absolute Gasteiger partial charge is 0.338 e. The number of methoxy groups -OCH3 is 1. The molecule has 1 aliphatic rings. The minimum absolute atomic E-state index is 0.0277. The van der Waals surface area contributed by atoms with Crippen molar-refractivity contribution in [1.82, 2.24) is 0 Å². The highest BCUT2D eigenvalue weighted by atomic mass is 35.5. The summed E-state index contributed by atoms with van der Waals surface area (Å²) in [5.74, 6) is -2.84. The van der Waals surface area contributed by atoms with Crippen LogP contribution in [0.3, 0.4) is 0 Å². The third kappa shape index (κ3) is 4.64. The second kappa shape index (κ2) is 9.47. The summed E-state index contributed by atoms with van der Waals surface area (Å²) >= 11 is 6.15. The second-order valence-electron chi connectivity index (χ2n) is 7.24. The number of hydrogen-bond acceptors (Lipinski definition) is 6. The number of fused-ring (bicyclic) bond motifs is 6. The molecule has 1 N–H and O–H groups in total. The van der Waals surface area contributed by atoms with Crippen LogP contribution in [0, 0.1) is 11.6 Å². The van der Waals surface area contributed by atoms with Crippen LogP contribution in [0.25, 0.3) is 11.1 Å². The molecule has 1 aliphatic heterocycles. The predicted octanol–water partition coefficient (Wildman–Crippen LogP) is 5.03. The van der Waals surface area contributed by atoms with E-state index in [1.807, 2.05) is 0 Å². The summed E-state index contributed by atoms with van der Waals surface area (Å²) in [6, 6.07) is 10.3. The van der Waals surface area contributed by atoms with Crippen molar-refractivity contribution in [2.45, 2.75) is 11.3 Å². The lowest BCUT2D eigenvalue weighted by Gasteiger charge is -2.17. The van der Waals surface area contributed by atoms with E-state index >= 15 is 0 Å². The first kappa shape index (κ1) is 23.8. The van der Waals surface area contributed by atoms with Crippen LogP contribution in [-0.4, -0.2) is 34.7 Å². The van der Waals surface area contributed by atoms with Gasteiger partial charge < -0.3 is 14.2 Å². The van der Waals surface area contributed by atoms with Crippen molar-refractivity contribution in [2.75, 3.05) is 25.0 Å². The van der Waals surface area contributed by atoms with E-state index < -0.39 is 38.2 Å². The minimum atomic E-state index is -4.55. The summed E-state index contributed by atoms with van der Waals surface area (Å²) in [6.07, 6.45) is 0.299. The quantitative estimate of drug-likeness (QED) is 0.462. The van der Waals surface area contributed by atoms with Gasteiger partial charge in [0, 0.05) is 23.6 Å². The van der Waals surface area contributed by atoms with Gasteiger partial charge in [0.15, 0.2) is 5.75 Å². The molecule has 0 amide bonds. The summed E-state index contributed by atoms with van der Waals surface area (Å²) in [5.41, 5.74) is -0.464. The minimum Gasteiger partial charge on any atom is -0.494 e. The lowest BCUT2D eigenvalue weighted by Crippen LogP contribution is -2.17. The van der Waals surface area contributed by atoms with Crippen molar-refractivity contribution in [2.24, 2.45) is 0 Å². The average molecular weight is 510 g/mol. The van der Waals surface area contributed by atoms with E-state index in [1.165, 1.54) is 13.2 Å². The molecule has 34 heavy (non-hydrogen) atoms. The summed E-state index contributed by atoms with van der Waals surface area (Å²) in [7, 11) is -3.35. The summed E-state index contributed by atoms with van der Waals surface area (Å²) in [4.78, 5) is 12.0. The van der Waals surface area contributed by atoms with E-state index in [0.29, 0.717) is 18.2 Å². The maximum atomic E-state index is 14.7. The van der Waals surface area contributed by atoms with Crippen LogP contribution in [0.5, 0.6) is 11.5 Å². The molecule has 0 atom stereocenters. The Morgan fingerprint density at radius 3 is 2.50 bits per heavy atom. The number of benzene rings is 3. The molecule has 4 bridgehead atoms. The SMILES string of the molecule is COc1c(Cl)cc2cc1S(=O)(=O)Nc1cc(c(F)cc1F)-c1ccccc1OCCCOC2=O. The Balaban J connectivity index is 1.92. The number of anilines is 1. The van der Waals surface area contributed by atoms with Crippen LogP contribution >= 0.6 is 11.6 Å². The average Bonchev–Trinajstić information content (AvgIpc) is 2.79. The van der Waals surface area contributed by atoms with Crippen LogP contribution in [0.4, 0.5) is 14.5 Å². The van der Waals surface area contributed by atoms with Gasteiger partial charge in [0.2, 0.25) is 0 Å². The second-order valence-corrected chi connectivity index (χ2v) is 9.30. The normalized spacial score (nSPS) is 15.4. The first-order valence-electron chi connectivity index (χ1n) is 10.00. The number of carbonyl (C=O) groups excluding carboxylic acids is 1. The van der Waals surface area contributed by atoms with Gasteiger partial charge in [0.05, 0.1) is 36.6 Å². The van der Waals surface area contributed by atoms with Gasteiger partial charge in [0.25, 0.3) is 10.0 Å². The summed E-state index contributed by atoms with van der Waals surface area (Å²) in [6.45, 7) is 0.112. The molecule has 0 saturated carbocycles. The first-order valence-corrected chi connectivity index (χ1v) is 11.9. The Morgan fingerprint density at radius 1 is 1.00 bits per heavy atom. The molecule has 3 aromatic carbocycles. The fourth-order valence-corrected chi connectivity index (χ4v) is 5.05. The van der Waals surface area contributed by atoms with Crippen molar-refractivity contribution in [3.63, 3.8) is 0 Å². The molecule has 0 fully saturated rings. The van der Waals surface area contributed by atoms with Crippen molar-refractivity contribution < 1.29 is 36.2 Å². The molecule has 0 saturated heterocycles. The molecule has 0 unspecified atom stereocenters. The fraction of sp³-hybridized carbons (Fsp3) is 0.174. The highest BCUT2D eigenvalue weighted by Gasteiger charge is 2.27. The van der Waals surface area contributed by atoms with Crippen LogP contribution < -0.4 is 14.2 Å².